The van der Waals surface area contributed by atoms with Gasteiger partial charge in [0, 0.05) is 43.4 Å². The van der Waals surface area contributed by atoms with Crippen molar-refractivity contribution in [3.8, 4) is 67.8 Å². The molecule has 0 radical (unpaired) electrons. The van der Waals surface area contributed by atoms with Crippen LogP contribution >= 0.6 is 0 Å². The third kappa shape index (κ3) is 6.30. The molecule has 14 aromatic rings. The van der Waals surface area contributed by atoms with Gasteiger partial charge in [0.1, 0.15) is 11.2 Å². The minimum absolute atomic E-state index is 0.519. The molecule has 4 aromatic heterocycles. The van der Waals surface area contributed by atoms with E-state index in [-0.39, 0.29) is 0 Å². The molecule has 0 atom stereocenters. The zero-order chi connectivity index (χ0) is 45.4. The first-order chi connectivity index (χ1) is 34.2. The first kappa shape index (κ1) is 38.8. The molecule has 0 saturated heterocycles. The van der Waals surface area contributed by atoms with Gasteiger partial charge in [0.25, 0.3) is 0 Å². The molecule has 0 amide bonds. The lowest BCUT2D eigenvalue weighted by Gasteiger charge is -2.17. The molecule has 0 unspecified atom stereocenters. The van der Waals surface area contributed by atoms with Gasteiger partial charge in [-0.15, -0.1) is 0 Å². The lowest BCUT2D eigenvalue weighted by atomic mass is 9.98. The maximum Gasteiger partial charge on any atom is 0.238 e. The minimum atomic E-state index is 0.519. The smallest absolute Gasteiger partial charge is 0.238 e. The fraction of sp³-hybridized carbons (Fsp3) is 0. The summed E-state index contributed by atoms with van der Waals surface area (Å²) in [5, 5.41) is 6.52. The Hall–Kier alpha value is -9.39. The second-order valence-corrected chi connectivity index (χ2v) is 17.6. The van der Waals surface area contributed by atoms with E-state index in [1.807, 2.05) is 18.2 Å². The van der Waals surface area contributed by atoms with Gasteiger partial charge < -0.3 is 8.98 Å². The van der Waals surface area contributed by atoms with E-state index < -0.39 is 0 Å². The molecule has 0 aliphatic carbocycles. The third-order valence-corrected chi connectivity index (χ3v) is 13.6. The van der Waals surface area contributed by atoms with Crippen LogP contribution in [0.2, 0.25) is 0 Å². The molecule has 0 saturated carbocycles. The van der Waals surface area contributed by atoms with E-state index in [4.69, 9.17) is 19.4 Å². The lowest BCUT2D eigenvalue weighted by molar-refractivity contribution is 0.669. The largest absolute Gasteiger partial charge is 0.456 e. The van der Waals surface area contributed by atoms with Gasteiger partial charge in [-0.05, 0) is 88.0 Å². The van der Waals surface area contributed by atoms with Crippen LogP contribution in [0.3, 0.4) is 0 Å². The lowest BCUT2D eigenvalue weighted by Crippen LogP contribution is -2.08. The second-order valence-electron chi connectivity index (χ2n) is 17.6. The summed E-state index contributed by atoms with van der Waals surface area (Å²) in [6, 6.07) is 83.4. The Kier molecular flexibility index (Phi) is 8.79. The quantitative estimate of drug-likeness (QED) is 0.160. The van der Waals surface area contributed by atoms with E-state index in [0.717, 1.165) is 116 Å². The maximum atomic E-state index is 6.68. The van der Waals surface area contributed by atoms with Gasteiger partial charge in [-0.2, -0.15) is 9.97 Å². The van der Waals surface area contributed by atoms with Crippen LogP contribution in [0.15, 0.2) is 241 Å². The molecule has 0 N–H and O–H groups in total. The maximum absolute atomic E-state index is 6.68. The molecule has 6 heteroatoms. The zero-order valence-electron chi connectivity index (χ0n) is 37.2. The fourth-order valence-electron chi connectivity index (χ4n) is 10.4. The van der Waals surface area contributed by atoms with Crippen molar-refractivity contribution < 1.29 is 4.42 Å². The third-order valence-electron chi connectivity index (χ3n) is 13.6. The molecule has 0 aliphatic heterocycles. The van der Waals surface area contributed by atoms with Gasteiger partial charge in [0.15, 0.2) is 11.6 Å². The van der Waals surface area contributed by atoms with Gasteiger partial charge >= 0.3 is 0 Å². The topological polar surface area (TPSA) is 61.7 Å². The van der Waals surface area contributed by atoms with Crippen molar-refractivity contribution in [1.82, 2.24) is 24.1 Å². The average Bonchev–Trinajstić information content (AvgIpc) is 4.09. The molecule has 14 rings (SSSR count). The summed E-state index contributed by atoms with van der Waals surface area (Å²) in [5.74, 6) is 1.60. The Morgan fingerprint density at radius 1 is 0.290 bits per heavy atom. The summed E-state index contributed by atoms with van der Waals surface area (Å²) in [5.41, 5.74) is 15.0. The number of aromatic nitrogens is 5. The summed E-state index contributed by atoms with van der Waals surface area (Å²) < 4.78 is 11.3. The van der Waals surface area contributed by atoms with Crippen LogP contribution in [0, 0.1) is 0 Å². The number of rotatable bonds is 7. The number of fused-ring (bicyclic) bond motifs is 9. The highest BCUT2D eigenvalue weighted by Gasteiger charge is 2.24. The fourth-order valence-corrected chi connectivity index (χ4v) is 10.4. The van der Waals surface area contributed by atoms with E-state index >= 15 is 0 Å². The molecule has 322 valence electrons. The number of hydrogen-bond acceptors (Lipinski definition) is 4. The molecule has 0 bridgehead atoms. The second kappa shape index (κ2) is 15.6. The van der Waals surface area contributed by atoms with Crippen molar-refractivity contribution in [2.45, 2.75) is 0 Å². The number of furan rings is 1. The molecule has 6 nitrogen and oxygen atoms in total. The first-order valence-corrected chi connectivity index (χ1v) is 23.3. The summed E-state index contributed by atoms with van der Waals surface area (Å²) >= 11 is 0. The Labute approximate surface area is 396 Å². The Morgan fingerprint density at radius 3 is 1.39 bits per heavy atom. The van der Waals surface area contributed by atoms with Crippen LogP contribution in [0.4, 0.5) is 0 Å². The van der Waals surface area contributed by atoms with Crippen LogP contribution in [0.1, 0.15) is 0 Å². The molecule has 0 fully saturated rings. The SMILES string of the molecule is c1ccc(-c2ccc(-c3nc(-c4cc(-c5ccccc5)cc5oc6ccccc6c45)nc(-n4c5ccccc5c5ccccc54)n3)c(-n3c4ccccc4c4ccc(-c5ccccc5)cc43)c2)cc1. The average molecular weight is 882 g/mol. The zero-order valence-corrected chi connectivity index (χ0v) is 37.2. The monoisotopic (exact) mass is 881 g/mol. The van der Waals surface area contributed by atoms with Crippen LogP contribution in [-0.4, -0.2) is 24.1 Å². The van der Waals surface area contributed by atoms with Crippen LogP contribution in [0.25, 0.3) is 133 Å². The van der Waals surface area contributed by atoms with Crippen LogP contribution < -0.4 is 0 Å². The van der Waals surface area contributed by atoms with E-state index in [2.05, 4.69) is 228 Å². The highest BCUT2D eigenvalue weighted by Crippen LogP contribution is 2.43. The van der Waals surface area contributed by atoms with Crippen molar-refractivity contribution in [2.24, 2.45) is 0 Å². The summed E-state index contributed by atoms with van der Waals surface area (Å²) in [4.78, 5) is 16.7. The molecular formula is C63H39N5O. The predicted octanol–water partition coefficient (Wildman–Crippen LogP) is 16.3. The van der Waals surface area contributed by atoms with Gasteiger partial charge in [0.05, 0.1) is 27.8 Å². The number of nitrogens with zero attached hydrogens (tertiary/aromatic N) is 5. The molecular weight excluding hydrogens is 843 g/mol. The number of benzene rings is 10. The van der Waals surface area contributed by atoms with Crippen molar-refractivity contribution in [1.29, 1.82) is 0 Å². The van der Waals surface area contributed by atoms with Crippen LogP contribution in [0.5, 0.6) is 0 Å². The van der Waals surface area contributed by atoms with Crippen molar-refractivity contribution in [3.63, 3.8) is 0 Å². The molecule has 0 spiro atoms. The number of para-hydroxylation sites is 4. The van der Waals surface area contributed by atoms with Crippen molar-refractivity contribution >= 4 is 65.6 Å². The van der Waals surface area contributed by atoms with E-state index in [1.165, 1.54) is 0 Å². The molecule has 0 aliphatic rings. The van der Waals surface area contributed by atoms with E-state index in [1.54, 1.807) is 0 Å². The summed E-state index contributed by atoms with van der Waals surface area (Å²) in [7, 11) is 0. The summed E-state index contributed by atoms with van der Waals surface area (Å²) in [6.07, 6.45) is 0. The standard InChI is InChI=1S/C63H39N5O/c1-4-18-40(19-5-1)43-32-34-49-48-26-10-14-28-53(48)67(56(49)37-43)57-38-44(41-20-6-2-7-21-41)33-35-50(57)61-64-62(66-63(65-61)68-54-29-15-11-24-46(54)47-25-12-16-30-55(47)68)52-36-45(42-22-8-3-9-23-42)39-59-60(52)51-27-13-17-31-58(51)69-59/h1-39H. The first-order valence-electron chi connectivity index (χ1n) is 23.3. The molecule has 4 heterocycles. The molecule has 69 heavy (non-hydrogen) atoms. The van der Waals surface area contributed by atoms with E-state index in [0.29, 0.717) is 17.6 Å². The Bertz CT molecular complexity index is 4250. The van der Waals surface area contributed by atoms with Crippen molar-refractivity contribution in [3.05, 3.63) is 237 Å². The Balaban J connectivity index is 1.11. The molecule has 10 aromatic carbocycles. The normalized spacial score (nSPS) is 11.8. The van der Waals surface area contributed by atoms with Crippen LogP contribution in [-0.2, 0) is 0 Å². The number of hydrogen-bond donors (Lipinski definition) is 0. The minimum Gasteiger partial charge on any atom is -0.456 e. The highest BCUT2D eigenvalue weighted by molar-refractivity contribution is 6.14. The van der Waals surface area contributed by atoms with E-state index in [9.17, 15) is 0 Å². The highest BCUT2D eigenvalue weighted by atomic mass is 16.3. The van der Waals surface area contributed by atoms with Gasteiger partial charge in [-0.25, -0.2) is 4.98 Å². The van der Waals surface area contributed by atoms with Gasteiger partial charge in [-0.1, -0.05) is 182 Å². The Morgan fingerprint density at radius 2 is 0.768 bits per heavy atom. The van der Waals surface area contributed by atoms with Gasteiger partial charge in [-0.3, -0.25) is 4.57 Å². The van der Waals surface area contributed by atoms with Crippen molar-refractivity contribution in [2.75, 3.05) is 0 Å². The predicted molar refractivity (Wildman–Crippen MR) is 283 cm³/mol. The van der Waals surface area contributed by atoms with Gasteiger partial charge in [0.2, 0.25) is 5.95 Å². The summed E-state index contributed by atoms with van der Waals surface area (Å²) in [6.45, 7) is 0.